The molecule has 0 aromatic heterocycles. The Hall–Kier alpha value is -0.900. The zero-order chi connectivity index (χ0) is 9.97. The number of hydrogen-bond acceptors (Lipinski definition) is 3. The smallest absolute Gasteiger partial charge is 0.266 e. The Bertz CT molecular complexity index is 252. The van der Waals surface area contributed by atoms with E-state index >= 15 is 0 Å². The molecule has 0 bridgehead atoms. The van der Waals surface area contributed by atoms with Crippen LogP contribution in [-0.4, -0.2) is 29.8 Å². The molecule has 2 atom stereocenters. The van der Waals surface area contributed by atoms with Gasteiger partial charge in [-0.1, -0.05) is 19.8 Å². The molecule has 0 spiro atoms. The first-order valence-corrected chi connectivity index (χ1v) is 5.35. The Kier molecular flexibility index (Phi) is 2.82. The van der Waals surface area contributed by atoms with Crippen LogP contribution in [-0.2, 0) is 4.79 Å². The van der Waals surface area contributed by atoms with Crippen molar-refractivity contribution in [3.05, 3.63) is 0 Å². The molecule has 1 fully saturated rings. The maximum absolute atomic E-state index is 11.3. The first-order valence-electron chi connectivity index (χ1n) is 5.35. The molecule has 0 aromatic carbocycles. The van der Waals surface area contributed by atoms with Crippen LogP contribution in [0.3, 0.4) is 0 Å². The summed E-state index contributed by atoms with van der Waals surface area (Å²) < 4.78 is 0. The van der Waals surface area contributed by atoms with Crippen LogP contribution in [0.2, 0.25) is 0 Å². The van der Waals surface area contributed by atoms with Gasteiger partial charge in [0.05, 0.1) is 6.21 Å². The van der Waals surface area contributed by atoms with Crippen molar-refractivity contribution in [2.45, 2.75) is 38.6 Å². The summed E-state index contributed by atoms with van der Waals surface area (Å²) in [5.74, 6) is 0.653. The molecular formula is C10H17N3O. The summed E-state index contributed by atoms with van der Waals surface area (Å²) in [4.78, 5) is 15.2. The van der Waals surface area contributed by atoms with Crippen LogP contribution in [0.25, 0.3) is 0 Å². The van der Waals surface area contributed by atoms with E-state index in [9.17, 15) is 4.79 Å². The molecular weight excluding hydrogens is 178 g/mol. The predicted octanol–water partition coefficient (Wildman–Crippen LogP) is 0.940. The Morgan fingerprint density at radius 1 is 1.50 bits per heavy atom. The van der Waals surface area contributed by atoms with E-state index in [2.05, 4.69) is 17.3 Å². The molecule has 1 aliphatic heterocycles. The normalized spacial score (nSPS) is 32.6. The van der Waals surface area contributed by atoms with Crippen LogP contribution < -0.4 is 5.43 Å². The molecule has 0 saturated heterocycles. The largest absolute Gasteiger partial charge is 0.280 e. The molecule has 4 nitrogen and oxygen atoms in total. The van der Waals surface area contributed by atoms with Crippen molar-refractivity contribution in [3.63, 3.8) is 0 Å². The Morgan fingerprint density at radius 2 is 2.29 bits per heavy atom. The maximum atomic E-state index is 11.3. The molecule has 1 N–H and O–H groups in total. The fourth-order valence-electron chi connectivity index (χ4n) is 2.15. The van der Waals surface area contributed by atoms with Gasteiger partial charge in [-0.3, -0.25) is 14.8 Å². The molecule has 4 heteroatoms. The highest BCUT2D eigenvalue weighted by Gasteiger charge is 2.25. The molecule has 1 aliphatic carbocycles. The second-order valence-corrected chi connectivity index (χ2v) is 4.22. The summed E-state index contributed by atoms with van der Waals surface area (Å²) in [7, 11) is 0. The third-order valence-corrected chi connectivity index (χ3v) is 3.12. The number of aliphatic imine (C=N–C) groups is 1. The number of nitrogens with zero attached hydrogens (tertiary/aromatic N) is 2. The van der Waals surface area contributed by atoms with Crippen molar-refractivity contribution >= 4 is 12.1 Å². The number of amides is 1. The van der Waals surface area contributed by atoms with Crippen LogP contribution >= 0.6 is 0 Å². The van der Waals surface area contributed by atoms with Gasteiger partial charge in [-0.05, 0) is 18.8 Å². The van der Waals surface area contributed by atoms with Crippen LogP contribution in [0.1, 0.15) is 32.6 Å². The summed E-state index contributed by atoms with van der Waals surface area (Å²) in [6.07, 6.45) is 6.42. The standard InChI is InChI=1S/C10H17N3O/c1-8-4-2-3-5-9(8)12-13-7-11-6-10(13)14/h6,8-9,12H,2-5,7H2,1H3/t8-,9+/m0/s1. The van der Waals surface area contributed by atoms with Gasteiger partial charge < -0.3 is 0 Å². The lowest BCUT2D eigenvalue weighted by Crippen LogP contribution is -2.49. The highest BCUT2D eigenvalue weighted by Crippen LogP contribution is 2.24. The Labute approximate surface area is 84.3 Å². The summed E-state index contributed by atoms with van der Waals surface area (Å²) in [5.41, 5.74) is 3.28. The van der Waals surface area contributed by atoms with E-state index in [0.717, 1.165) is 0 Å². The van der Waals surface area contributed by atoms with E-state index in [1.54, 1.807) is 5.01 Å². The highest BCUT2D eigenvalue weighted by atomic mass is 16.2. The molecule has 1 heterocycles. The van der Waals surface area contributed by atoms with Crippen molar-refractivity contribution in [1.29, 1.82) is 0 Å². The third-order valence-electron chi connectivity index (χ3n) is 3.12. The quantitative estimate of drug-likeness (QED) is 0.712. The van der Waals surface area contributed by atoms with Crippen LogP contribution in [0.15, 0.2) is 4.99 Å². The van der Waals surface area contributed by atoms with Crippen molar-refractivity contribution in [3.8, 4) is 0 Å². The van der Waals surface area contributed by atoms with Crippen LogP contribution in [0.4, 0.5) is 0 Å². The first kappa shape index (κ1) is 9.65. The molecule has 0 radical (unpaired) electrons. The van der Waals surface area contributed by atoms with E-state index in [1.165, 1.54) is 31.9 Å². The van der Waals surface area contributed by atoms with E-state index in [1.807, 2.05) is 0 Å². The van der Waals surface area contributed by atoms with Crippen LogP contribution in [0, 0.1) is 5.92 Å². The van der Waals surface area contributed by atoms with Gasteiger partial charge in [-0.2, -0.15) is 0 Å². The fourth-order valence-corrected chi connectivity index (χ4v) is 2.15. The van der Waals surface area contributed by atoms with Gasteiger partial charge in [0.25, 0.3) is 5.91 Å². The molecule has 2 aliphatic rings. The average Bonchev–Trinajstić information content (AvgIpc) is 2.56. The van der Waals surface area contributed by atoms with Gasteiger partial charge in [0.1, 0.15) is 6.67 Å². The topological polar surface area (TPSA) is 44.7 Å². The van der Waals surface area contributed by atoms with Gasteiger partial charge in [0.2, 0.25) is 0 Å². The lowest BCUT2D eigenvalue weighted by Gasteiger charge is -2.32. The highest BCUT2D eigenvalue weighted by molar-refractivity contribution is 6.27. The van der Waals surface area contributed by atoms with Crippen LogP contribution in [0.5, 0.6) is 0 Å². The van der Waals surface area contributed by atoms with Crippen molar-refractivity contribution in [2.24, 2.45) is 10.9 Å². The van der Waals surface area contributed by atoms with Gasteiger partial charge in [0, 0.05) is 6.04 Å². The number of rotatable bonds is 2. The van der Waals surface area contributed by atoms with Gasteiger partial charge in [-0.15, -0.1) is 0 Å². The van der Waals surface area contributed by atoms with E-state index < -0.39 is 0 Å². The summed E-state index contributed by atoms with van der Waals surface area (Å²) in [5, 5.41) is 1.62. The number of nitrogens with one attached hydrogen (secondary N) is 1. The molecule has 78 valence electrons. The summed E-state index contributed by atoms with van der Waals surface area (Å²) in [6.45, 7) is 2.72. The summed E-state index contributed by atoms with van der Waals surface area (Å²) >= 11 is 0. The lowest BCUT2D eigenvalue weighted by atomic mass is 9.86. The monoisotopic (exact) mass is 195 g/mol. The third kappa shape index (κ3) is 1.95. The number of hydrogen-bond donors (Lipinski definition) is 1. The fraction of sp³-hybridized carbons (Fsp3) is 0.800. The average molecular weight is 195 g/mol. The predicted molar refractivity (Wildman–Crippen MR) is 54.8 cm³/mol. The molecule has 2 rings (SSSR count). The second kappa shape index (κ2) is 4.09. The molecule has 14 heavy (non-hydrogen) atoms. The van der Waals surface area contributed by atoms with E-state index in [4.69, 9.17) is 0 Å². The van der Waals surface area contributed by atoms with E-state index in [-0.39, 0.29) is 5.91 Å². The summed E-state index contributed by atoms with van der Waals surface area (Å²) in [6, 6.07) is 0.453. The molecule has 1 amide bonds. The van der Waals surface area contributed by atoms with Gasteiger partial charge in [-0.25, -0.2) is 5.43 Å². The second-order valence-electron chi connectivity index (χ2n) is 4.22. The minimum absolute atomic E-state index is 0.0113. The maximum Gasteiger partial charge on any atom is 0.280 e. The number of carbonyl (C=O) groups excluding carboxylic acids is 1. The first-order chi connectivity index (χ1) is 6.77. The Balaban J connectivity index is 1.87. The molecule has 1 saturated carbocycles. The van der Waals surface area contributed by atoms with Gasteiger partial charge >= 0.3 is 0 Å². The molecule has 0 aromatic rings. The molecule has 0 unspecified atom stereocenters. The SMILES string of the molecule is C[C@H]1CCCC[C@H]1NN1CN=CC1=O. The number of hydrazine groups is 1. The minimum atomic E-state index is -0.0113. The van der Waals surface area contributed by atoms with Crippen molar-refractivity contribution < 1.29 is 4.79 Å². The number of carbonyl (C=O) groups is 1. The van der Waals surface area contributed by atoms with Gasteiger partial charge in [0.15, 0.2) is 0 Å². The Morgan fingerprint density at radius 3 is 2.93 bits per heavy atom. The van der Waals surface area contributed by atoms with Crippen molar-refractivity contribution in [1.82, 2.24) is 10.4 Å². The zero-order valence-corrected chi connectivity index (χ0v) is 8.57. The lowest BCUT2D eigenvalue weighted by molar-refractivity contribution is -0.126. The van der Waals surface area contributed by atoms with E-state index in [0.29, 0.717) is 18.6 Å². The van der Waals surface area contributed by atoms with Crippen molar-refractivity contribution in [2.75, 3.05) is 6.67 Å². The minimum Gasteiger partial charge on any atom is -0.266 e. The zero-order valence-electron chi connectivity index (χ0n) is 8.57.